The maximum absolute atomic E-state index is 13.8. The van der Waals surface area contributed by atoms with Crippen molar-refractivity contribution in [2.45, 2.75) is 19.1 Å². The van der Waals surface area contributed by atoms with Crippen molar-refractivity contribution in [1.29, 1.82) is 0 Å². The van der Waals surface area contributed by atoms with Gasteiger partial charge in [-0.25, -0.2) is 14.3 Å². The van der Waals surface area contributed by atoms with Gasteiger partial charge in [0.1, 0.15) is 17.7 Å². The second kappa shape index (κ2) is 7.82. The van der Waals surface area contributed by atoms with Crippen LogP contribution in [0.25, 0.3) is 11.1 Å². The molecule has 2 amide bonds. The van der Waals surface area contributed by atoms with Crippen LogP contribution in [-0.4, -0.2) is 34.3 Å². The first-order chi connectivity index (χ1) is 11.8. The van der Waals surface area contributed by atoms with Crippen molar-refractivity contribution in [3.63, 3.8) is 0 Å². The van der Waals surface area contributed by atoms with E-state index >= 15 is 0 Å². The molecule has 0 fully saturated rings. The molecule has 0 aliphatic heterocycles. The summed E-state index contributed by atoms with van der Waals surface area (Å²) in [5.41, 5.74) is 2.13. The SMILES string of the molecule is C[C@@H](O)[C@H](NC(=O)c1ccc(-c2ccc(F)cc2F)cc1)C(=O)NO. The van der Waals surface area contributed by atoms with E-state index in [4.69, 9.17) is 5.21 Å². The van der Waals surface area contributed by atoms with Crippen LogP contribution in [0.4, 0.5) is 8.78 Å². The fraction of sp³-hybridized carbons (Fsp3) is 0.176. The van der Waals surface area contributed by atoms with Gasteiger partial charge >= 0.3 is 0 Å². The van der Waals surface area contributed by atoms with Crippen molar-refractivity contribution in [2.24, 2.45) is 0 Å². The van der Waals surface area contributed by atoms with Crippen molar-refractivity contribution in [1.82, 2.24) is 10.8 Å². The minimum Gasteiger partial charge on any atom is -0.391 e. The molecule has 6 nitrogen and oxygen atoms in total. The average molecular weight is 350 g/mol. The zero-order valence-electron chi connectivity index (χ0n) is 13.2. The summed E-state index contributed by atoms with van der Waals surface area (Å²) < 4.78 is 26.7. The third-order valence-electron chi connectivity index (χ3n) is 3.55. The van der Waals surface area contributed by atoms with E-state index in [1.54, 1.807) is 0 Å². The molecule has 0 radical (unpaired) electrons. The van der Waals surface area contributed by atoms with E-state index in [1.165, 1.54) is 42.7 Å². The number of hydrogen-bond acceptors (Lipinski definition) is 4. The zero-order chi connectivity index (χ0) is 18.6. The molecule has 0 saturated heterocycles. The Bertz CT molecular complexity index is 779. The highest BCUT2D eigenvalue weighted by atomic mass is 19.1. The summed E-state index contributed by atoms with van der Waals surface area (Å²) in [6.07, 6.45) is -1.23. The third kappa shape index (κ3) is 4.37. The van der Waals surface area contributed by atoms with Gasteiger partial charge in [-0.1, -0.05) is 12.1 Å². The van der Waals surface area contributed by atoms with E-state index in [2.05, 4.69) is 5.32 Å². The van der Waals surface area contributed by atoms with E-state index in [1.807, 2.05) is 0 Å². The number of aliphatic hydroxyl groups is 1. The standard InChI is InChI=1S/C17H16F2N2O4/c1-9(22)15(17(24)21-25)20-16(23)11-4-2-10(3-5-11)13-7-6-12(18)8-14(13)19/h2-9,15,22,25H,1H3,(H,20,23)(H,21,24)/t9-,15+/m1/s1. The Morgan fingerprint density at radius 3 is 2.24 bits per heavy atom. The molecular weight excluding hydrogens is 334 g/mol. The molecule has 0 heterocycles. The fourth-order valence-electron chi connectivity index (χ4n) is 2.22. The molecule has 0 aliphatic rings. The first kappa shape index (κ1) is 18.5. The lowest BCUT2D eigenvalue weighted by atomic mass is 10.0. The average Bonchev–Trinajstić information content (AvgIpc) is 2.58. The van der Waals surface area contributed by atoms with Crippen LogP contribution in [-0.2, 0) is 4.79 Å². The topological polar surface area (TPSA) is 98.7 Å². The van der Waals surface area contributed by atoms with Crippen LogP contribution in [0, 0.1) is 11.6 Å². The molecule has 0 saturated carbocycles. The van der Waals surface area contributed by atoms with Crippen LogP contribution >= 0.6 is 0 Å². The maximum Gasteiger partial charge on any atom is 0.268 e. The van der Waals surface area contributed by atoms with Gasteiger partial charge in [-0.05, 0) is 36.8 Å². The lowest BCUT2D eigenvalue weighted by molar-refractivity contribution is -0.133. The molecule has 0 unspecified atom stereocenters. The van der Waals surface area contributed by atoms with Gasteiger partial charge in [-0.15, -0.1) is 0 Å². The second-order valence-electron chi connectivity index (χ2n) is 5.37. The number of benzene rings is 2. The minimum atomic E-state index is -1.34. The van der Waals surface area contributed by atoms with Crippen LogP contribution in [0.3, 0.4) is 0 Å². The summed E-state index contributed by atoms with van der Waals surface area (Å²) >= 11 is 0. The molecule has 2 atom stereocenters. The lowest BCUT2D eigenvalue weighted by Gasteiger charge is -2.19. The van der Waals surface area contributed by atoms with Gasteiger partial charge in [0.05, 0.1) is 6.10 Å². The molecular formula is C17H16F2N2O4. The van der Waals surface area contributed by atoms with Gasteiger partial charge in [-0.3, -0.25) is 14.8 Å². The van der Waals surface area contributed by atoms with Gasteiger partial charge in [0.25, 0.3) is 11.8 Å². The maximum atomic E-state index is 13.8. The summed E-state index contributed by atoms with van der Waals surface area (Å²) in [5.74, 6) is -3.05. The van der Waals surface area contributed by atoms with Gasteiger partial charge in [-0.2, -0.15) is 0 Å². The van der Waals surface area contributed by atoms with Gasteiger partial charge in [0, 0.05) is 17.2 Å². The summed E-state index contributed by atoms with van der Waals surface area (Å²) in [6, 6.07) is 7.55. The number of rotatable bonds is 5. The highest BCUT2D eigenvalue weighted by molar-refractivity contribution is 5.97. The fourth-order valence-corrected chi connectivity index (χ4v) is 2.22. The Kier molecular flexibility index (Phi) is 5.79. The Hall–Kier alpha value is -2.84. The molecule has 2 aromatic rings. The van der Waals surface area contributed by atoms with Crippen molar-refractivity contribution >= 4 is 11.8 Å². The van der Waals surface area contributed by atoms with Crippen molar-refractivity contribution in [2.75, 3.05) is 0 Å². The summed E-state index contributed by atoms with van der Waals surface area (Å²) in [4.78, 5) is 23.5. The molecule has 4 N–H and O–H groups in total. The molecule has 2 aromatic carbocycles. The number of carbonyl (C=O) groups excluding carboxylic acids is 2. The number of aliphatic hydroxyl groups excluding tert-OH is 1. The van der Waals surface area contributed by atoms with Crippen LogP contribution < -0.4 is 10.8 Å². The first-order valence-electron chi connectivity index (χ1n) is 7.32. The summed E-state index contributed by atoms with van der Waals surface area (Å²) in [7, 11) is 0. The van der Waals surface area contributed by atoms with Crippen molar-refractivity contribution in [3.05, 3.63) is 59.7 Å². The molecule has 8 heteroatoms. The number of amides is 2. The van der Waals surface area contributed by atoms with Gasteiger partial charge in [0.15, 0.2) is 0 Å². The molecule has 2 rings (SSSR count). The molecule has 0 spiro atoms. The number of hydroxylamine groups is 1. The number of hydrogen-bond donors (Lipinski definition) is 4. The predicted octanol–water partition coefficient (Wildman–Crippen LogP) is 1.62. The molecule has 0 bridgehead atoms. The Balaban J connectivity index is 2.18. The van der Waals surface area contributed by atoms with Crippen LogP contribution in [0.2, 0.25) is 0 Å². The second-order valence-corrected chi connectivity index (χ2v) is 5.37. The van der Waals surface area contributed by atoms with Crippen molar-refractivity contribution in [3.8, 4) is 11.1 Å². The Labute approximate surface area is 142 Å². The minimum absolute atomic E-state index is 0.155. The first-order valence-corrected chi connectivity index (χ1v) is 7.32. The predicted molar refractivity (Wildman–Crippen MR) is 84.7 cm³/mol. The molecule has 132 valence electrons. The normalized spacial score (nSPS) is 13.0. The Morgan fingerprint density at radius 1 is 1.08 bits per heavy atom. The molecule has 0 aromatic heterocycles. The quantitative estimate of drug-likeness (QED) is 0.486. The van der Waals surface area contributed by atoms with Gasteiger partial charge < -0.3 is 10.4 Å². The van der Waals surface area contributed by atoms with Gasteiger partial charge in [0.2, 0.25) is 0 Å². The number of nitrogens with one attached hydrogen (secondary N) is 2. The highest BCUT2D eigenvalue weighted by Gasteiger charge is 2.25. The number of carbonyl (C=O) groups is 2. The largest absolute Gasteiger partial charge is 0.391 e. The van der Waals surface area contributed by atoms with Crippen molar-refractivity contribution < 1.29 is 28.7 Å². The molecule has 0 aliphatic carbocycles. The highest BCUT2D eigenvalue weighted by Crippen LogP contribution is 2.23. The zero-order valence-corrected chi connectivity index (χ0v) is 13.2. The van der Waals surface area contributed by atoms with Crippen LogP contribution in [0.15, 0.2) is 42.5 Å². The van der Waals surface area contributed by atoms with Crippen LogP contribution in [0.1, 0.15) is 17.3 Å². The van der Waals surface area contributed by atoms with E-state index < -0.39 is 35.6 Å². The summed E-state index contributed by atoms with van der Waals surface area (Å²) in [5, 5.41) is 20.4. The van der Waals surface area contributed by atoms with Crippen LogP contribution in [0.5, 0.6) is 0 Å². The van der Waals surface area contributed by atoms with E-state index in [0.717, 1.165) is 12.1 Å². The molecule has 25 heavy (non-hydrogen) atoms. The van der Waals surface area contributed by atoms with E-state index in [-0.39, 0.29) is 11.1 Å². The summed E-state index contributed by atoms with van der Waals surface area (Å²) in [6.45, 7) is 1.28. The van der Waals surface area contributed by atoms with E-state index in [9.17, 15) is 23.5 Å². The lowest BCUT2D eigenvalue weighted by Crippen LogP contribution is -2.51. The smallest absolute Gasteiger partial charge is 0.268 e. The number of halogens is 2. The Morgan fingerprint density at radius 2 is 1.72 bits per heavy atom. The van der Waals surface area contributed by atoms with E-state index in [0.29, 0.717) is 5.56 Å². The third-order valence-corrected chi connectivity index (χ3v) is 3.55. The monoisotopic (exact) mass is 350 g/mol.